The third kappa shape index (κ3) is 4.02. The summed E-state index contributed by atoms with van der Waals surface area (Å²) in [5.74, 6) is 1.000. The number of hydrogen-bond acceptors (Lipinski definition) is 9. The number of non-ortho nitro benzene ring substituents is 1. The number of para-hydroxylation sites is 1. The Kier molecular flexibility index (Phi) is 5.36. The largest absolute Gasteiger partial charge is 0.454 e. The number of aromatic amines is 1. The third-order valence-corrected chi connectivity index (χ3v) is 5.18. The van der Waals surface area contributed by atoms with Crippen LogP contribution in [0, 0.1) is 10.1 Å². The average Bonchev–Trinajstić information content (AvgIpc) is 3.32. The van der Waals surface area contributed by atoms with Crippen LogP contribution in [0.4, 0.5) is 11.4 Å². The number of hydrazone groups is 1. The molecule has 0 saturated heterocycles. The first kappa shape index (κ1) is 21.1. The number of nitrogens with one attached hydrogen (secondary N) is 2. The zero-order chi connectivity index (χ0) is 23.7. The van der Waals surface area contributed by atoms with Crippen molar-refractivity contribution in [2.75, 3.05) is 12.2 Å². The minimum Gasteiger partial charge on any atom is -0.454 e. The molecule has 11 heteroatoms. The van der Waals surface area contributed by atoms with Crippen LogP contribution in [0.25, 0.3) is 11.0 Å². The van der Waals surface area contributed by atoms with Gasteiger partial charge in [0, 0.05) is 12.1 Å². The summed E-state index contributed by atoms with van der Waals surface area (Å²) in [6, 6.07) is 17.8. The molecule has 0 spiro atoms. The van der Waals surface area contributed by atoms with Crippen molar-refractivity contribution < 1.29 is 19.5 Å². The first-order valence-electron chi connectivity index (χ1n) is 10.1. The Hall–Kier alpha value is -4.77. The number of aliphatic hydroxyl groups is 1. The van der Waals surface area contributed by atoms with Crippen LogP contribution in [0.1, 0.15) is 17.4 Å². The number of aromatic nitrogens is 2. The number of ether oxygens (including phenoxy) is 2. The fraction of sp³-hybridized carbons (Fsp3) is 0.0870. The van der Waals surface area contributed by atoms with E-state index < -0.39 is 16.6 Å². The maximum absolute atomic E-state index is 12.9. The van der Waals surface area contributed by atoms with Crippen molar-refractivity contribution in [3.8, 4) is 11.5 Å². The lowest BCUT2D eigenvalue weighted by atomic mass is 10.0. The lowest BCUT2D eigenvalue weighted by Gasteiger charge is -2.15. The van der Waals surface area contributed by atoms with Crippen molar-refractivity contribution in [3.05, 3.63) is 98.5 Å². The molecule has 4 aromatic rings. The van der Waals surface area contributed by atoms with E-state index in [1.165, 1.54) is 18.2 Å². The van der Waals surface area contributed by atoms with Gasteiger partial charge in [-0.15, -0.1) is 0 Å². The number of anilines is 1. The number of H-pyrrole nitrogens is 1. The molecule has 0 aliphatic carbocycles. The molecule has 0 fully saturated rings. The van der Waals surface area contributed by atoms with E-state index in [-0.39, 0.29) is 29.4 Å². The molecule has 0 saturated carbocycles. The van der Waals surface area contributed by atoms with E-state index in [2.05, 4.69) is 20.5 Å². The lowest BCUT2D eigenvalue weighted by molar-refractivity contribution is -0.384. The first-order valence-corrected chi connectivity index (χ1v) is 10.1. The van der Waals surface area contributed by atoms with Gasteiger partial charge in [-0.25, -0.2) is 4.98 Å². The smallest absolute Gasteiger partial charge is 0.276 e. The summed E-state index contributed by atoms with van der Waals surface area (Å²) in [5.41, 5.74) is 3.32. The Morgan fingerprint density at radius 1 is 1.12 bits per heavy atom. The van der Waals surface area contributed by atoms with Crippen LogP contribution in [-0.2, 0) is 0 Å². The molecule has 0 bridgehead atoms. The second kappa shape index (κ2) is 8.64. The highest BCUT2D eigenvalue weighted by Crippen LogP contribution is 2.35. The quantitative estimate of drug-likeness (QED) is 0.226. The summed E-state index contributed by atoms with van der Waals surface area (Å²) >= 11 is 0. The Labute approximate surface area is 191 Å². The standard InChI is InChI=1S/C23H17N5O6/c29-22(13-6-9-18-19(10-13)34-12-33-18)20(27-26-14-4-2-1-3-5-14)21-23(30)25-17-11-15(28(31)32)7-8-16(17)24-21/h1-11,22,26,29H,12H2,(H,25,30)/b27-20-/t22-/m1/s1. The summed E-state index contributed by atoms with van der Waals surface area (Å²) in [7, 11) is 0. The number of nitro benzene ring substituents is 1. The number of benzene rings is 3. The second-order valence-electron chi connectivity index (χ2n) is 7.36. The van der Waals surface area contributed by atoms with Crippen LogP contribution >= 0.6 is 0 Å². The molecule has 0 unspecified atom stereocenters. The molecule has 170 valence electrons. The fourth-order valence-corrected chi connectivity index (χ4v) is 3.48. The van der Waals surface area contributed by atoms with Crippen molar-refractivity contribution in [1.82, 2.24) is 9.97 Å². The Bertz CT molecular complexity index is 1480. The van der Waals surface area contributed by atoms with Crippen LogP contribution < -0.4 is 20.5 Å². The van der Waals surface area contributed by atoms with Gasteiger partial charge < -0.3 is 19.6 Å². The van der Waals surface area contributed by atoms with Gasteiger partial charge in [0.25, 0.3) is 11.2 Å². The van der Waals surface area contributed by atoms with E-state index in [0.29, 0.717) is 28.3 Å². The van der Waals surface area contributed by atoms with Gasteiger partial charge >= 0.3 is 0 Å². The molecule has 3 aromatic carbocycles. The summed E-state index contributed by atoms with van der Waals surface area (Å²) in [5, 5.41) is 26.6. The predicted molar refractivity (Wildman–Crippen MR) is 123 cm³/mol. The van der Waals surface area contributed by atoms with Gasteiger partial charge in [0.15, 0.2) is 17.2 Å². The van der Waals surface area contributed by atoms with Gasteiger partial charge in [-0.2, -0.15) is 5.10 Å². The van der Waals surface area contributed by atoms with E-state index >= 15 is 0 Å². The summed E-state index contributed by atoms with van der Waals surface area (Å²) in [6.45, 7) is 0.0728. The lowest BCUT2D eigenvalue weighted by Crippen LogP contribution is -2.26. The molecule has 0 radical (unpaired) electrons. The Morgan fingerprint density at radius 3 is 2.71 bits per heavy atom. The number of fused-ring (bicyclic) bond motifs is 2. The average molecular weight is 459 g/mol. The first-order chi connectivity index (χ1) is 16.5. The van der Waals surface area contributed by atoms with E-state index in [1.807, 2.05) is 6.07 Å². The third-order valence-electron chi connectivity index (χ3n) is 5.18. The van der Waals surface area contributed by atoms with Crippen LogP contribution in [0.2, 0.25) is 0 Å². The molecule has 3 N–H and O–H groups in total. The second-order valence-corrected chi connectivity index (χ2v) is 7.36. The molecule has 1 aliphatic rings. The maximum Gasteiger partial charge on any atom is 0.276 e. The minimum atomic E-state index is -1.35. The fourth-order valence-electron chi connectivity index (χ4n) is 3.48. The van der Waals surface area contributed by atoms with Gasteiger partial charge in [0.05, 0.1) is 21.6 Å². The van der Waals surface area contributed by atoms with Crippen LogP contribution in [-0.4, -0.2) is 32.5 Å². The topological polar surface area (TPSA) is 152 Å². The van der Waals surface area contributed by atoms with Crippen molar-refractivity contribution in [3.63, 3.8) is 0 Å². The highest BCUT2D eigenvalue weighted by atomic mass is 16.7. The monoisotopic (exact) mass is 459 g/mol. The van der Waals surface area contributed by atoms with E-state index in [9.17, 15) is 20.0 Å². The molecular weight excluding hydrogens is 442 g/mol. The van der Waals surface area contributed by atoms with Crippen molar-refractivity contribution >= 4 is 28.1 Å². The number of aliphatic hydroxyl groups excluding tert-OH is 1. The molecule has 1 aliphatic heterocycles. The number of nitrogens with zero attached hydrogens (tertiary/aromatic N) is 3. The summed E-state index contributed by atoms with van der Waals surface area (Å²) < 4.78 is 10.7. The highest BCUT2D eigenvalue weighted by Gasteiger charge is 2.25. The maximum atomic E-state index is 12.9. The van der Waals surface area contributed by atoms with E-state index in [1.54, 1.807) is 42.5 Å². The number of rotatable bonds is 6. The molecule has 1 atom stereocenters. The molecule has 5 rings (SSSR count). The molecule has 0 amide bonds. The van der Waals surface area contributed by atoms with Crippen LogP contribution in [0.3, 0.4) is 0 Å². The molecule has 2 heterocycles. The van der Waals surface area contributed by atoms with Crippen LogP contribution in [0.5, 0.6) is 11.5 Å². The highest BCUT2D eigenvalue weighted by molar-refractivity contribution is 6.03. The number of hydrogen-bond donors (Lipinski definition) is 3. The van der Waals surface area contributed by atoms with Crippen LogP contribution in [0.15, 0.2) is 76.6 Å². The van der Waals surface area contributed by atoms with Crippen molar-refractivity contribution in [2.24, 2.45) is 5.10 Å². The Morgan fingerprint density at radius 2 is 1.91 bits per heavy atom. The van der Waals surface area contributed by atoms with Crippen molar-refractivity contribution in [2.45, 2.75) is 6.10 Å². The van der Waals surface area contributed by atoms with Gasteiger partial charge in [-0.1, -0.05) is 24.3 Å². The van der Waals surface area contributed by atoms with Gasteiger partial charge in [-0.3, -0.25) is 20.3 Å². The molecular formula is C23H17N5O6. The molecule has 34 heavy (non-hydrogen) atoms. The Balaban J connectivity index is 1.61. The zero-order valence-electron chi connectivity index (χ0n) is 17.5. The normalized spacial score (nSPS) is 13.6. The SMILES string of the molecule is O=c1[nH]c2cc([N+](=O)[O-])ccc2nc1/C(=N/Nc1ccccc1)[C@H](O)c1ccc2c(c1)OCO2. The molecule has 11 nitrogen and oxygen atoms in total. The van der Waals surface area contributed by atoms with Gasteiger partial charge in [0.1, 0.15) is 11.8 Å². The predicted octanol–water partition coefficient (Wildman–Crippen LogP) is 3.11. The van der Waals surface area contributed by atoms with Crippen molar-refractivity contribution in [1.29, 1.82) is 0 Å². The van der Waals surface area contributed by atoms with E-state index in [4.69, 9.17) is 9.47 Å². The summed E-state index contributed by atoms with van der Waals surface area (Å²) in [4.78, 5) is 30.4. The summed E-state index contributed by atoms with van der Waals surface area (Å²) in [6.07, 6.45) is -1.35. The van der Waals surface area contributed by atoms with Gasteiger partial charge in [0.2, 0.25) is 6.79 Å². The van der Waals surface area contributed by atoms with E-state index in [0.717, 1.165) is 0 Å². The number of nitro groups is 1. The van der Waals surface area contributed by atoms with Gasteiger partial charge in [-0.05, 0) is 35.9 Å². The molecule has 1 aromatic heterocycles. The minimum absolute atomic E-state index is 0.0516. The zero-order valence-corrected chi connectivity index (χ0v) is 17.5.